The molecule has 0 spiro atoms. The molecular formula is C26H37IN2O6. The number of aliphatic hydroxyl groups excluding tert-OH is 2. The lowest BCUT2D eigenvalue weighted by Crippen LogP contribution is -2.57. The molecular weight excluding hydrogens is 563 g/mol. The van der Waals surface area contributed by atoms with E-state index in [1.807, 2.05) is 24.3 Å². The minimum absolute atomic E-state index is 0.126. The van der Waals surface area contributed by atoms with Gasteiger partial charge in [0.15, 0.2) is 0 Å². The van der Waals surface area contributed by atoms with Gasteiger partial charge in [0.2, 0.25) is 5.91 Å². The van der Waals surface area contributed by atoms with Gasteiger partial charge in [0.1, 0.15) is 24.1 Å². The third-order valence-corrected chi connectivity index (χ3v) is 7.35. The van der Waals surface area contributed by atoms with E-state index in [0.717, 1.165) is 35.7 Å². The van der Waals surface area contributed by atoms with Crippen LogP contribution in [-0.2, 0) is 14.3 Å². The van der Waals surface area contributed by atoms with Crippen LogP contribution in [0.2, 0.25) is 0 Å². The number of benzene rings is 1. The average Bonchev–Trinajstić information content (AvgIpc) is 3.40. The van der Waals surface area contributed by atoms with Crippen LogP contribution >= 0.6 is 22.6 Å². The summed E-state index contributed by atoms with van der Waals surface area (Å²) >= 11 is 2.17. The summed E-state index contributed by atoms with van der Waals surface area (Å²) in [5.74, 6) is 0.139. The molecule has 194 valence electrons. The molecule has 8 nitrogen and oxygen atoms in total. The van der Waals surface area contributed by atoms with Crippen molar-refractivity contribution in [2.75, 3.05) is 26.3 Å². The molecule has 3 rings (SSSR count). The van der Waals surface area contributed by atoms with Crippen LogP contribution in [0.1, 0.15) is 51.9 Å². The highest BCUT2D eigenvalue weighted by Gasteiger charge is 2.42. The highest BCUT2D eigenvalue weighted by molar-refractivity contribution is 14.1. The summed E-state index contributed by atoms with van der Waals surface area (Å²) in [6, 6.07) is 6.85. The number of carbonyl (C=O) groups is 2. The molecule has 0 radical (unpaired) electrons. The Kier molecular flexibility index (Phi) is 11.3. The van der Waals surface area contributed by atoms with Gasteiger partial charge in [-0.1, -0.05) is 38.3 Å². The highest BCUT2D eigenvalue weighted by atomic mass is 127. The maximum atomic E-state index is 13.5. The fourth-order valence-corrected chi connectivity index (χ4v) is 5.09. The molecule has 1 fully saturated rings. The number of rotatable bonds is 12. The molecule has 1 unspecified atom stereocenters. The minimum Gasteiger partial charge on any atom is -0.482 e. The van der Waals surface area contributed by atoms with Crippen LogP contribution in [0.15, 0.2) is 35.9 Å². The van der Waals surface area contributed by atoms with Crippen molar-refractivity contribution in [2.45, 2.75) is 76.2 Å². The lowest BCUT2D eigenvalue weighted by atomic mass is 9.87. The van der Waals surface area contributed by atoms with E-state index >= 15 is 0 Å². The number of para-hydroxylation sites is 1. The average molecular weight is 600 g/mol. The predicted molar refractivity (Wildman–Crippen MR) is 141 cm³/mol. The largest absolute Gasteiger partial charge is 0.482 e. The summed E-state index contributed by atoms with van der Waals surface area (Å²) in [5.41, 5.74) is 0.434. The summed E-state index contributed by atoms with van der Waals surface area (Å²) in [5, 5.41) is 23.3. The summed E-state index contributed by atoms with van der Waals surface area (Å²) in [6.07, 6.45) is 4.95. The first-order valence-corrected chi connectivity index (χ1v) is 13.6. The summed E-state index contributed by atoms with van der Waals surface area (Å²) in [4.78, 5) is 28.1. The van der Waals surface area contributed by atoms with Crippen LogP contribution in [0.25, 0.3) is 0 Å². The van der Waals surface area contributed by atoms with Crippen molar-refractivity contribution in [3.8, 4) is 5.75 Å². The van der Waals surface area contributed by atoms with Crippen molar-refractivity contribution >= 4 is 34.4 Å². The van der Waals surface area contributed by atoms with E-state index in [4.69, 9.17) is 14.6 Å². The van der Waals surface area contributed by atoms with Gasteiger partial charge in [-0.25, -0.2) is 0 Å². The zero-order chi connectivity index (χ0) is 25.2. The molecule has 2 aliphatic rings. The van der Waals surface area contributed by atoms with Crippen LogP contribution in [0.5, 0.6) is 5.75 Å². The van der Waals surface area contributed by atoms with Gasteiger partial charge in [-0.15, -0.1) is 0 Å². The summed E-state index contributed by atoms with van der Waals surface area (Å²) in [6.45, 7) is 3.13. The van der Waals surface area contributed by atoms with Gasteiger partial charge in [0.05, 0.1) is 16.2 Å². The third kappa shape index (κ3) is 7.65. The Morgan fingerprint density at radius 1 is 1.26 bits per heavy atom. The smallest absolute Gasteiger partial charge is 0.252 e. The fourth-order valence-electron chi connectivity index (χ4n) is 4.57. The Morgan fingerprint density at radius 3 is 2.74 bits per heavy atom. The third-order valence-electron chi connectivity index (χ3n) is 6.46. The van der Waals surface area contributed by atoms with Crippen LogP contribution in [0.4, 0.5) is 0 Å². The predicted octanol–water partition coefficient (Wildman–Crippen LogP) is 2.79. The van der Waals surface area contributed by atoms with E-state index in [-0.39, 0.29) is 31.4 Å². The Bertz CT molecular complexity index is 873. The molecule has 2 amide bonds. The number of aliphatic hydroxyl groups is 2. The van der Waals surface area contributed by atoms with Gasteiger partial charge in [-0.05, 0) is 60.1 Å². The first-order chi connectivity index (χ1) is 17.0. The second kappa shape index (κ2) is 14.2. The van der Waals surface area contributed by atoms with Crippen LogP contribution in [0.3, 0.4) is 0 Å². The number of halogens is 1. The first kappa shape index (κ1) is 27.9. The number of ether oxygens (including phenoxy) is 2. The number of nitrogens with one attached hydrogen (secondary N) is 1. The topological polar surface area (TPSA) is 108 Å². The number of nitrogens with zero attached hydrogens (tertiary/aromatic N) is 1. The molecule has 1 aromatic carbocycles. The van der Waals surface area contributed by atoms with Crippen molar-refractivity contribution in [3.05, 3.63) is 39.5 Å². The fraction of sp³-hybridized carbons (Fsp3) is 0.615. The molecule has 4 atom stereocenters. The van der Waals surface area contributed by atoms with Gasteiger partial charge < -0.3 is 29.9 Å². The molecule has 1 heterocycles. The van der Waals surface area contributed by atoms with E-state index in [1.165, 1.54) is 0 Å². The van der Waals surface area contributed by atoms with Gasteiger partial charge in [-0.3, -0.25) is 9.59 Å². The quantitative estimate of drug-likeness (QED) is 0.252. The highest BCUT2D eigenvalue weighted by Crippen LogP contribution is 2.31. The normalized spacial score (nSPS) is 24.1. The second-order valence-corrected chi connectivity index (χ2v) is 10.2. The molecule has 1 aliphatic carbocycles. The van der Waals surface area contributed by atoms with Crippen molar-refractivity contribution in [3.63, 3.8) is 0 Å². The van der Waals surface area contributed by atoms with E-state index in [0.29, 0.717) is 30.9 Å². The first-order valence-electron chi connectivity index (χ1n) is 12.6. The number of amides is 2. The summed E-state index contributed by atoms with van der Waals surface area (Å²) < 4.78 is 12.7. The van der Waals surface area contributed by atoms with E-state index in [1.54, 1.807) is 11.0 Å². The second-order valence-electron chi connectivity index (χ2n) is 9.04. The Hall–Kier alpha value is -1.69. The minimum atomic E-state index is -1.02. The number of hydrogen-bond acceptors (Lipinski definition) is 6. The van der Waals surface area contributed by atoms with Crippen molar-refractivity contribution in [1.29, 1.82) is 0 Å². The lowest BCUT2D eigenvalue weighted by Gasteiger charge is -2.41. The van der Waals surface area contributed by atoms with Crippen molar-refractivity contribution in [1.82, 2.24) is 10.2 Å². The summed E-state index contributed by atoms with van der Waals surface area (Å²) in [7, 11) is 0. The Morgan fingerprint density at radius 2 is 2.06 bits per heavy atom. The molecule has 35 heavy (non-hydrogen) atoms. The van der Waals surface area contributed by atoms with Crippen LogP contribution in [0, 0.1) is 3.57 Å². The van der Waals surface area contributed by atoms with Gasteiger partial charge in [0, 0.05) is 31.7 Å². The molecule has 1 aromatic rings. The molecule has 0 saturated carbocycles. The monoisotopic (exact) mass is 600 g/mol. The van der Waals surface area contributed by atoms with Gasteiger partial charge in [0.25, 0.3) is 5.91 Å². The Labute approximate surface area is 221 Å². The maximum Gasteiger partial charge on any atom is 0.252 e. The number of carbonyl (C=O) groups excluding carboxylic acids is 2. The van der Waals surface area contributed by atoms with Gasteiger partial charge in [-0.2, -0.15) is 0 Å². The van der Waals surface area contributed by atoms with Gasteiger partial charge >= 0.3 is 0 Å². The zero-order valence-corrected chi connectivity index (χ0v) is 22.5. The van der Waals surface area contributed by atoms with Crippen LogP contribution in [-0.4, -0.2) is 77.6 Å². The number of unbranched alkanes of at least 4 members (excludes halogenated alkanes) is 3. The van der Waals surface area contributed by atoms with Crippen LogP contribution < -0.4 is 10.1 Å². The van der Waals surface area contributed by atoms with Crippen molar-refractivity contribution in [2.24, 2.45) is 0 Å². The molecule has 0 bridgehead atoms. The Balaban J connectivity index is 1.89. The zero-order valence-electron chi connectivity index (χ0n) is 20.3. The standard InChI is InChI=1S/C26H37IN2O6/c1-2-3-4-7-13-29(26(33)22-11-8-15-34-22)20-16-18(25(32)28-12-14-30)17-23(24(20)31)35-21-10-6-5-9-19(21)27/h5-6,9-10,17,20,22-24,30-31H,2-4,7-8,11-16H2,1H3,(H,28,32)/t20-,22?,23+,24+/m1/s1. The molecule has 3 N–H and O–H groups in total. The molecule has 1 aliphatic heterocycles. The lowest BCUT2D eigenvalue weighted by molar-refractivity contribution is -0.148. The molecule has 9 heteroatoms. The number of hydrogen-bond donors (Lipinski definition) is 3. The van der Waals surface area contributed by atoms with E-state index in [2.05, 4.69) is 34.8 Å². The molecule has 0 aromatic heterocycles. The molecule has 1 saturated heterocycles. The SMILES string of the molecule is CCCCCCN(C(=O)C1CCCO1)[C@@H]1CC(C(=O)NCCO)=C[C@H](Oc2ccccc2I)[C@H]1O. The van der Waals surface area contributed by atoms with Crippen molar-refractivity contribution < 1.29 is 29.3 Å². The van der Waals surface area contributed by atoms with E-state index < -0.39 is 24.4 Å². The maximum absolute atomic E-state index is 13.5. The van der Waals surface area contributed by atoms with E-state index in [9.17, 15) is 14.7 Å².